The van der Waals surface area contributed by atoms with Crippen molar-refractivity contribution < 1.29 is 5.11 Å². The Labute approximate surface area is 79.0 Å². The number of fused-ring (bicyclic) bond motifs is 1. The highest BCUT2D eigenvalue weighted by molar-refractivity contribution is 9.10. The third kappa shape index (κ3) is 1.37. The summed E-state index contributed by atoms with van der Waals surface area (Å²) in [5.41, 5.74) is 1.88. The zero-order valence-electron chi connectivity index (χ0n) is 6.42. The van der Waals surface area contributed by atoms with Gasteiger partial charge in [0.2, 0.25) is 0 Å². The fraction of sp³-hybridized carbons (Fsp3) is 0.375. The molecule has 2 rings (SSSR count). The lowest BCUT2D eigenvalue weighted by Gasteiger charge is -2.20. The number of halogens is 1. The molecule has 3 nitrogen and oxygen atoms in total. The summed E-state index contributed by atoms with van der Waals surface area (Å²) < 4.78 is 0.956. The number of aliphatic hydroxyl groups is 1. The molecule has 1 atom stereocenters. The van der Waals surface area contributed by atoms with Crippen molar-refractivity contribution >= 4 is 15.9 Å². The van der Waals surface area contributed by atoms with E-state index in [0.717, 1.165) is 22.3 Å². The summed E-state index contributed by atoms with van der Waals surface area (Å²) in [5.74, 6) is 0. The summed E-state index contributed by atoms with van der Waals surface area (Å²) in [5, 5.41) is 12.6. The summed E-state index contributed by atoms with van der Waals surface area (Å²) in [7, 11) is 0. The molecule has 1 aromatic rings. The van der Waals surface area contributed by atoms with E-state index in [-0.39, 0.29) is 0 Å². The van der Waals surface area contributed by atoms with Gasteiger partial charge in [0.15, 0.2) is 0 Å². The maximum absolute atomic E-state index is 9.51. The lowest BCUT2D eigenvalue weighted by Crippen LogP contribution is -2.28. The first-order chi connectivity index (χ1) is 5.77. The van der Waals surface area contributed by atoms with E-state index >= 15 is 0 Å². The van der Waals surface area contributed by atoms with Crippen LogP contribution in [0.2, 0.25) is 0 Å². The molecule has 12 heavy (non-hydrogen) atoms. The molecule has 1 aromatic heterocycles. The van der Waals surface area contributed by atoms with Crippen LogP contribution in [0.15, 0.2) is 16.7 Å². The molecule has 0 fully saturated rings. The number of aromatic nitrogens is 1. The van der Waals surface area contributed by atoms with Gasteiger partial charge in [0.1, 0.15) is 6.10 Å². The van der Waals surface area contributed by atoms with Gasteiger partial charge < -0.3 is 10.4 Å². The Morgan fingerprint density at radius 2 is 2.50 bits per heavy atom. The minimum absolute atomic E-state index is 0.457. The predicted octanol–water partition coefficient (Wildman–Crippen LogP) is 0.981. The van der Waals surface area contributed by atoms with Gasteiger partial charge >= 0.3 is 0 Å². The summed E-state index contributed by atoms with van der Waals surface area (Å²) in [6.07, 6.45) is 1.26. The van der Waals surface area contributed by atoms with E-state index in [0.29, 0.717) is 6.54 Å². The molecule has 0 spiro atoms. The molecular formula is C8H9BrN2O. The zero-order chi connectivity index (χ0) is 8.55. The molecule has 2 heterocycles. The Morgan fingerprint density at radius 3 is 3.33 bits per heavy atom. The number of hydrogen-bond acceptors (Lipinski definition) is 3. The van der Waals surface area contributed by atoms with E-state index in [1.165, 1.54) is 0 Å². The van der Waals surface area contributed by atoms with Crippen LogP contribution < -0.4 is 5.32 Å². The molecule has 64 valence electrons. The van der Waals surface area contributed by atoms with Crippen molar-refractivity contribution in [2.75, 3.05) is 6.54 Å². The van der Waals surface area contributed by atoms with Crippen LogP contribution in [0.5, 0.6) is 0 Å². The maximum atomic E-state index is 9.51. The van der Waals surface area contributed by atoms with Gasteiger partial charge in [-0.25, -0.2) is 0 Å². The van der Waals surface area contributed by atoms with Gasteiger partial charge in [0.25, 0.3) is 0 Å². The minimum Gasteiger partial charge on any atom is -0.385 e. The molecule has 0 amide bonds. The van der Waals surface area contributed by atoms with Crippen molar-refractivity contribution in [3.63, 3.8) is 0 Å². The van der Waals surface area contributed by atoms with Crippen molar-refractivity contribution in [3.8, 4) is 0 Å². The van der Waals surface area contributed by atoms with Crippen molar-refractivity contribution in [1.82, 2.24) is 10.3 Å². The fourth-order valence-electron chi connectivity index (χ4n) is 1.37. The second-order valence-electron chi connectivity index (χ2n) is 2.84. The summed E-state index contributed by atoms with van der Waals surface area (Å²) in [6.45, 7) is 1.39. The van der Waals surface area contributed by atoms with Crippen LogP contribution in [-0.4, -0.2) is 16.6 Å². The van der Waals surface area contributed by atoms with E-state index in [1.54, 1.807) is 6.20 Å². The topological polar surface area (TPSA) is 45.1 Å². The predicted molar refractivity (Wildman–Crippen MR) is 48.6 cm³/mol. The molecule has 0 aliphatic carbocycles. The number of nitrogens with zero attached hydrogens (tertiary/aromatic N) is 1. The zero-order valence-corrected chi connectivity index (χ0v) is 8.00. The number of aliphatic hydroxyl groups excluding tert-OH is 1. The average Bonchev–Trinajstić information content (AvgIpc) is 2.04. The van der Waals surface area contributed by atoms with Crippen LogP contribution in [0.25, 0.3) is 0 Å². The third-order valence-electron chi connectivity index (χ3n) is 1.94. The van der Waals surface area contributed by atoms with Gasteiger partial charge in [-0.05, 0) is 27.6 Å². The molecule has 0 aromatic carbocycles. The van der Waals surface area contributed by atoms with Crippen LogP contribution >= 0.6 is 15.9 Å². The first-order valence-electron chi connectivity index (χ1n) is 3.80. The van der Waals surface area contributed by atoms with Crippen molar-refractivity contribution in [2.45, 2.75) is 12.6 Å². The molecule has 0 bridgehead atoms. The van der Waals surface area contributed by atoms with Crippen LogP contribution in [0.4, 0.5) is 0 Å². The van der Waals surface area contributed by atoms with Crippen LogP contribution in [0.3, 0.4) is 0 Å². The molecule has 0 radical (unpaired) electrons. The second kappa shape index (κ2) is 3.12. The minimum atomic E-state index is -0.457. The summed E-state index contributed by atoms with van der Waals surface area (Å²) >= 11 is 3.34. The molecule has 4 heteroatoms. The number of nitrogens with one attached hydrogen (secondary N) is 1. The van der Waals surface area contributed by atoms with E-state index in [9.17, 15) is 5.11 Å². The monoisotopic (exact) mass is 228 g/mol. The van der Waals surface area contributed by atoms with E-state index in [2.05, 4.69) is 26.2 Å². The Morgan fingerprint density at radius 1 is 1.67 bits per heavy atom. The largest absolute Gasteiger partial charge is 0.385 e. The number of pyridine rings is 1. The lowest BCUT2D eigenvalue weighted by atomic mass is 10.1. The number of hydrogen-bond donors (Lipinski definition) is 2. The summed E-state index contributed by atoms with van der Waals surface area (Å²) in [6, 6.07) is 1.98. The SMILES string of the molecule is OC1CNCc2cc(Br)cnc21. The van der Waals surface area contributed by atoms with Gasteiger partial charge in [0.05, 0.1) is 5.69 Å². The van der Waals surface area contributed by atoms with Gasteiger partial charge in [-0.1, -0.05) is 0 Å². The molecule has 1 aliphatic heterocycles. The molecular weight excluding hydrogens is 220 g/mol. The second-order valence-corrected chi connectivity index (χ2v) is 3.76. The third-order valence-corrected chi connectivity index (χ3v) is 2.37. The first-order valence-corrected chi connectivity index (χ1v) is 4.60. The Hall–Kier alpha value is -0.450. The Kier molecular flexibility index (Phi) is 2.12. The highest BCUT2D eigenvalue weighted by Gasteiger charge is 2.18. The van der Waals surface area contributed by atoms with E-state index < -0.39 is 6.10 Å². The van der Waals surface area contributed by atoms with Crippen molar-refractivity contribution in [2.24, 2.45) is 0 Å². The molecule has 0 saturated heterocycles. The standard InChI is InChI=1S/C8H9BrN2O/c9-6-1-5-2-10-4-7(12)8(5)11-3-6/h1,3,7,10,12H,2,4H2. The Balaban J connectivity index is 2.46. The van der Waals surface area contributed by atoms with Gasteiger partial charge in [-0.2, -0.15) is 0 Å². The lowest BCUT2D eigenvalue weighted by molar-refractivity contribution is 0.160. The highest BCUT2D eigenvalue weighted by Crippen LogP contribution is 2.22. The molecule has 1 unspecified atom stereocenters. The van der Waals surface area contributed by atoms with Crippen LogP contribution in [-0.2, 0) is 6.54 Å². The van der Waals surface area contributed by atoms with Gasteiger partial charge in [0, 0.05) is 23.8 Å². The smallest absolute Gasteiger partial charge is 0.109 e. The van der Waals surface area contributed by atoms with Crippen LogP contribution in [0.1, 0.15) is 17.4 Å². The maximum Gasteiger partial charge on any atom is 0.109 e. The Bertz CT molecular complexity index is 303. The van der Waals surface area contributed by atoms with Crippen LogP contribution in [0, 0.1) is 0 Å². The normalized spacial score (nSPS) is 22.0. The van der Waals surface area contributed by atoms with Gasteiger partial charge in [-0.15, -0.1) is 0 Å². The molecule has 1 aliphatic rings. The van der Waals surface area contributed by atoms with E-state index in [4.69, 9.17) is 0 Å². The fourth-order valence-corrected chi connectivity index (χ4v) is 1.75. The summed E-state index contributed by atoms with van der Waals surface area (Å²) in [4.78, 5) is 4.16. The van der Waals surface area contributed by atoms with E-state index in [1.807, 2.05) is 6.07 Å². The quantitative estimate of drug-likeness (QED) is 0.697. The molecule has 2 N–H and O–H groups in total. The highest BCUT2D eigenvalue weighted by atomic mass is 79.9. The molecule has 0 saturated carbocycles. The van der Waals surface area contributed by atoms with Crippen molar-refractivity contribution in [3.05, 3.63) is 28.0 Å². The average molecular weight is 229 g/mol. The van der Waals surface area contributed by atoms with Gasteiger partial charge in [-0.3, -0.25) is 4.98 Å². The van der Waals surface area contributed by atoms with Crippen molar-refractivity contribution in [1.29, 1.82) is 0 Å². The number of rotatable bonds is 0. The first kappa shape index (κ1) is 8.16. The number of β-amino-alcohol motifs (C(OH)–C–C–N with tert-alkyl or cyclic N) is 1.